The normalized spacial score (nSPS) is 13.4. The predicted octanol–water partition coefficient (Wildman–Crippen LogP) is 1.61. The van der Waals surface area contributed by atoms with Crippen LogP contribution in [-0.4, -0.2) is 26.3 Å². The maximum atomic E-state index is 12.7. The van der Waals surface area contributed by atoms with Crippen LogP contribution < -0.4 is 0 Å². The van der Waals surface area contributed by atoms with Crippen molar-refractivity contribution in [3.63, 3.8) is 0 Å². The molecule has 4 nitrogen and oxygen atoms in total. The van der Waals surface area contributed by atoms with E-state index in [4.69, 9.17) is 5.26 Å². The van der Waals surface area contributed by atoms with Crippen molar-refractivity contribution in [2.75, 3.05) is 13.6 Å². The average Bonchev–Trinajstić information content (AvgIpc) is 2.29. The summed E-state index contributed by atoms with van der Waals surface area (Å²) in [7, 11) is -2.25. The molecule has 0 aromatic heterocycles. The number of hydrogen-bond acceptors (Lipinski definition) is 3. The molecule has 0 aliphatic rings. The van der Waals surface area contributed by atoms with E-state index in [-0.39, 0.29) is 11.4 Å². The summed E-state index contributed by atoms with van der Waals surface area (Å²) in [5.41, 5.74) is 0. The highest BCUT2D eigenvalue weighted by molar-refractivity contribution is 7.89. The summed E-state index contributed by atoms with van der Waals surface area (Å²) >= 11 is 0. The van der Waals surface area contributed by atoms with Crippen molar-refractivity contribution in [2.24, 2.45) is 5.92 Å². The minimum atomic E-state index is -3.65. The monoisotopic (exact) mass is 256 g/mol. The highest BCUT2D eigenvalue weighted by atomic mass is 32.2. The fraction of sp³-hybridized carbons (Fsp3) is 0.364. The van der Waals surface area contributed by atoms with Gasteiger partial charge in [-0.05, 0) is 31.2 Å². The molecule has 0 heterocycles. The zero-order valence-electron chi connectivity index (χ0n) is 9.59. The molecule has 0 fully saturated rings. The van der Waals surface area contributed by atoms with Crippen molar-refractivity contribution in [2.45, 2.75) is 11.8 Å². The van der Waals surface area contributed by atoms with Crippen LogP contribution >= 0.6 is 0 Å². The summed E-state index contributed by atoms with van der Waals surface area (Å²) < 4.78 is 37.8. The smallest absolute Gasteiger partial charge is 0.207 e. The predicted molar refractivity (Wildman–Crippen MR) is 61.0 cm³/mol. The van der Waals surface area contributed by atoms with Crippen LogP contribution in [0.5, 0.6) is 0 Å². The Morgan fingerprint density at radius 1 is 1.41 bits per heavy atom. The topological polar surface area (TPSA) is 61.2 Å². The van der Waals surface area contributed by atoms with Crippen molar-refractivity contribution < 1.29 is 12.8 Å². The van der Waals surface area contributed by atoms with Gasteiger partial charge in [0.2, 0.25) is 10.0 Å². The lowest BCUT2D eigenvalue weighted by atomic mass is 10.2. The molecule has 17 heavy (non-hydrogen) atoms. The van der Waals surface area contributed by atoms with E-state index in [0.29, 0.717) is 0 Å². The molecule has 0 radical (unpaired) electrons. The fourth-order valence-electron chi connectivity index (χ4n) is 1.31. The molecule has 1 unspecified atom stereocenters. The van der Waals surface area contributed by atoms with Crippen LogP contribution in [0, 0.1) is 23.1 Å². The Labute approximate surface area is 100 Å². The Kier molecular flexibility index (Phi) is 4.21. The minimum absolute atomic E-state index is 0.0199. The molecule has 1 rings (SSSR count). The van der Waals surface area contributed by atoms with Crippen LogP contribution in [0.2, 0.25) is 0 Å². The summed E-state index contributed by atoms with van der Waals surface area (Å²) in [6.07, 6.45) is 0. The van der Waals surface area contributed by atoms with E-state index in [9.17, 15) is 12.8 Å². The molecular formula is C11H13FN2O2S. The lowest BCUT2D eigenvalue weighted by Crippen LogP contribution is -2.30. The third kappa shape index (κ3) is 3.25. The fourth-order valence-corrected chi connectivity index (χ4v) is 2.57. The standard InChI is InChI=1S/C11H13FN2O2S/c1-9(7-13)8-14(2)17(15,16)11-5-3-10(12)4-6-11/h3-6,9H,8H2,1-2H3. The van der Waals surface area contributed by atoms with Gasteiger partial charge in [0.25, 0.3) is 0 Å². The molecule has 0 saturated carbocycles. The number of nitrogens with zero attached hydrogens (tertiary/aromatic N) is 2. The maximum absolute atomic E-state index is 12.7. The largest absolute Gasteiger partial charge is 0.242 e. The Balaban J connectivity index is 2.96. The first kappa shape index (κ1) is 13.6. The third-order valence-electron chi connectivity index (χ3n) is 2.27. The average molecular weight is 256 g/mol. The van der Waals surface area contributed by atoms with E-state index < -0.39 is 21.8 Å². The molecule has 0 saturated heterocycles. The third-order valence-corrected chi connectivity index (χ3v) is 4.11. The van der Waals surface area contributed by atoms with Crippen LogP contribution in [-0.2, 0) is 10.0 Å². The number of nitriles is 1. The quantitative estimate of drug-likeness (QED) is 0.822. The molecule has 0 bridgehead atoms. The van der Waals surface area contributed by atoms with Gasteiger partial charge in [-0.25, -0.2) is 12.8 Å². The Morgan fingerprint density at radius 3 is 2.41 bits per heavy atom. The Hall–Kier alpha value is -1.45. The molecule has 0 aliphatic heterocycles. The van der Waals surface area contributed by atoms with Gasteiger partial charge in [0.05, 0.1) is 16.9 Å². The molecule has 0 N–H and O–H groups in total. The van der Waals surface area contributed by atoms with Crippen molar-refractivity contribution in [1.29, 1.82) is 5.26 Å². The van der Waals surface area contributed by atoms with E-state index in [1.165, 1.54) is 19.2 Å². The number of halogens is 1. The van der Waals surface area contributed by atoms with Crippen molar-refractivity contribution in [3.05, 3.63) is 30.1 Å². The van der Waals surface area contributed by atoms with Gasteiger partial charge in [0, 0.05) is 13.6 Å². The first-order valence-electron chi connectivity index (χ1n) is 4.99. The maximum Gasteiger partial charge on any atom is 0.242 e. The number of hydrogen-bond donors (Lipinski definition) is 0. The van der Waals surface area contributed by atoms with Crippen LogP contribution in [0.25, 0.3) is 0 Å². The lowest BCUT2D eigenvalue weighted by Gasteiger charge is -2.18. The van der Waals surface area contributed by atoms with Crippen LogP contribution in [0.4, 0.5) is 4.39 Å². The molecule has 6 heteroatoms. The zero-order valence-corrected chi connectivity index (χ0v) is 10.4. The molecule has 1 aromatic carbocycles. The summed E-state index contributed by atoms with van der Waals surface area (Å²) in [5.74, 6) is -0.882. The van der Waals surface area contributed by atoms with Gasteiger partial charge < -0.3 is 0 Å². The summed E-state index contributed by atoms with van der Waals surface area (Å²) in [6, 6.07) is 6.56. The van der Waals surface area contributed by atoms with Crippen LogP contribution in [0.15, 0.2) is 29.2 Å². The van der Waals surface area contributed by atoms with E-state index in [1.54, 1.807) is 6.92 Å². The molecular weight excluding hydrogens is 243 g/mol. The number of rotatable bonds is 4. The number of benzene rings is 1. The van der Waals surface area contributed by atoms with Crippen LogP contribution in [0.1, 0.15) is 6.92 Å². The van der Waals surface area contributed by atoms with Gasteiger partial charge in [-0.2, -0.15) is 9.57 Å². The Morgan fingerprint density at radius 2 is 1.94 bits per heavy atom. The highest BCUT2D eigenvalue weighted by Crippen LogP contribution is 2.15. The molecule has 0 spiro atoms. The van der Waals surface area contributed by atoms with Gasteiger partial charge in [0.15, 0.2) is 0 Å². The first-order valence-corrected chi connectivity index (χ1v) is 6.43. The molecule has 1 atom stereocenters. The second-order valence-electron chi connectivity index (χ2n) is 3.77. The van der Waals surface area contributed by atoms with Crippen molar-refractivity contribution in [3.8, 4) is 6.07 Å². The summed E-state index contributed by atoms with van der Waals surface area (Å²) in [4.78, 5) is 0.0199. The summed E-state index contributed by atoms with van der Waals surface area (Å²) in [5, 5.41) is 8.64. The van der Waals surface area contributed by atoms with Crippen LogP contribution in [0.3, 0.4) is 0 Å². The number of sulfonamides is 1. The van der Waals surface area contributed by atoms with E-state index in [2.05, 4.69) is 0 Å². The van der Waals surface area contributed by atoms with Crippen molar-refractivity contribution in [1.82, 2.24) is 4.31 Å². The second-order valence-corrected chi connectivity index (χ2v) is 5.81. The summed E-state index contributed by atoms with van der Waals surface area (Å²) in [6.45, 7) is 1.74. The molecule has 1 aromatic rings. The molecule has 0 aliphatic carbocycles. The first-order chi connectivity index (χ1) is 7.87. The second kappa shape index (κ2) is 5.25. The molecule has 92 valence electrons. The van der Waals surface area contributed by atoms with Gasteiger partial charge in [-0.1, -0.05) is 0 Å². The van der Waals surface area contributed by atoms with Gasteiger partial charge in [-0.3, -0.25) is 0 Å². The van der Waals surface area contributed by atoms with Gasteiger partial charge in [-0.15, -0.1) is 0 Å². The Bertz CT molecular complexity index is 519. The van der Waals surface area contributed by atoms with E-state index >= 15 is 0 Å². The zero-order chi connectivity index (χ0) is 13.1. The highest BCUT2D eigenvalue weighted by Gasteiger charge is 2.22. The molecule has 0 amide bonds. The SMILES string of the molecule is CC(C#N)CN(C)S(=O)(=O)c1ccc(F)cc1. The van der Waals surface area contributed by atoms with E-state index in [0.717, 1.165) is 16.4 Å². The lowest BCUT2D eigenvalue weighted by molar-refractivity contribution is 0.439. The van der Waals surface area contributed by atoms with Crippen molar-refractivity contribution >= 4 is 10.0 Å². The van der Waals surface area contributed by atoms with Gasteiger partial charge in [0.1, 0.15) is 5.82 Å². The van der Waals surface area contributed by atoms with E-state index in [1.807, 2.05) is 6.07 Å². The van der Waals surface area contributed by atoms with Gasteiger partial charge >= 0.3 is 0 Å². The minimum Gasteiger partial charge on any atom is -0.207 e.